The van der Waals surface area contributed by atoms with Crippen molar-refractivity contribution in [2.75, 3.05) is 13.7 Å². The van der Waals surface area contributed by atoms with E-state index in [9.17, 15) is 4.79 Å². The van der Waals surface area contributed by atoms with Gasteiger partial charge in [0.2, 0.25) is 0 Å². The van der Waals surface area contributed by atoms with Crippen molar-refractivity contribution in [2.45, 2.75) is 27.3 Å². The number of amidine groups is 1. The largest absolute Gasteiger partial charge is 0.493 e. The predicted octanol–water partition coefficient (Wildman–Crippen LogP) is 6.88. The minimum absolute atomic E-state index is 0.170. The molecule has 2 heterocycles. The van der Waals surface area contributed by atoms with Crippen molar-refractivity contribution < 1.29 is 18.7 Å². The summed E-state index contributed by atoms with van der Waals surface area (Å²) in [6.07, 6.45) is 7.11. The highest BCUT2D eigenvalue weighted by molar-refractivity contribution is 8.18. The molecule has 1 aromatic heterocycles. The SMILES string of the molecule is COc1cc(/C=C2\S/C(=N/N=C\C(C)=C\c3ccccc3)N(Cc3ccco3)C2=O)ccc1OCC(C)C. The molecule has 38 heavy (non-hydrogen) atoms. The molecule has 7 nitrogen and oxygen atoms in total. The van der Waals surface area contributed by atoms with Crippen molar-refractivity contribution in [3.8, 4) is 11.5 Å². The van der Waals surface area contributed by atoms with Gasteiger partial charge in [0.25, 0.3) is 5.91 Å². The van der Waals surface area contributed by atoms with Crippen LogP contribution in [-0.4, -0.2) is 35.9 Å². The molecular weight excluding hydrogens is 498 g/mol. The molecule has 1 aliphatic rings. The van der Waals surface area contributed by atoms with E-state index >= 15 is 0 Å². The summed E-state index contributed by atoms with van der Waals surface area (Å²) in [7, 11) is 1.60. The smallest absolute Gasteiger partial charge is 0.267 e. The van der Waals surface area contributed by atoms with Crippen LogP contribution in [0, 0.1) is 5.92 Å². The van der Waals surface area contributed by atoms with Gasteiger partial charge in [0.05, 0.1) is 37.6 Å². The fraction of sp³-hybridized carbons (Fsp3) is 0.233. The molecule has 0 unspecified atom stereocenters. The summed E-state index contributed by atoms with van der Waals surface area (Å²) < 4.78 is 16.9. The molecule has 1 aliphatic heterocycles. The number of hydrogen-bond donors (Lipinski definition) is 0. The van der Waals surface area contributed by atoms with Gasteiger partial charge in [-0.3, -0.25) is 9.69 Å². The van der Waals surface area contributed by atoms with Crippen LogP contribution >= 0.6 is 11.8 Å². The van der Waals surface area contributed by atoms with Crippen molar-refractivity contribution >= 4 is 41.2 Å². The van der Waals surface area contributed by atoms with E-state index in [4.69, 9.17) is 13.9 Å². The third-order valence-corrected chi connectivity index (χ3v) is 6.44. The van der Waals surface area contributed by atoms with E-state index in [-0.39, 0.29) is 12.5 Å². The van der Waals surface area contributed by atoms with Gasteiger partial charge in [-0.2, -0.15) is 5.10 Å². The number of furan rings is 1. The van der Waals surface area contributed by atoms with Crippen LogP contribution in [0.1, 0.15) is 37.7 Å². The van der Waals surface area contributed by atoms with Crippen LogP contribution < -0.4 is 9.47 Å². The van der Waals surface area contributed by atoms with Crippen molar-refractivity contribution in [1.82, 2.24) is 4.90 Å². The zero-order valence-corrected chi connectivity index (χ0v) is 22.8. The molecule has 1 fully saturated rings. The average Bonchev–Trinajstić information content (AvgIpc) is 3.52. The molecule has 0 aliphatic carbocycles. The topological polar surface area (TPSA) is 76.6 Å². The first kappa shape index (κ1) is 27.0. The Balaban J connectivity index is 1.57. The summed E-state index contributed by atoms with van der Waals surface area (Å²) in [5.74, 6) is 2.17. The Hall–Kier alpha value is -4.04. The first-order valence-electron chi connectivity index (χ1n) is 12.3. The zero-order valence-electron chi connectivity index (χ0n) is 22.0. The van der Waals surface area contributed by atoms with E-state index in [1.807, 2.05) is 73.7 Å². The van der Waals surface area contributed by atoms with Crippen LogP contribution in [0.3, 0.4) is 0 Å². The fourth-order valence-electron chi connectivity index (χ4n) is 3.60. The minimum Gasteiger partial charge on any atom is -0.493 e. The Morgan fingerprint density at radius 3 is 2.61 bits per heavy atom. The molecule has 8 heteroatoms. The molecule has 0 spiro atoms. The normalized spacial score (nSPS) is 16.4. The summed E-state index contributed by atoms with van der Waals surface area (Å²) in [5, 5.41) is 9.13. The number of carbonyl (C=O) groups is 1. The van der Waals surface area contributed by atoms with E-state index in [0.717, 1.165) is 16.7 Å². The second-order valence-electron chi connectivity index (χ2n) is 9.12. The number of amides is 1. The van der Waals surface area contributed by atoms with Gasteiger partial charge in [-0.15, -0.1) is 5.10 Å². The maximum absolute atomic E-state index is 13.4. The molecule has 196 valence electrons. The molecule has 3 aromatic rings. The minimum atomic E-state index is -0.170. The molecule has 2 aromatic carbocycles. The van der Waals surface area contributed by atoms with Crippen LogP contribution in [-0.2, 0) is 11.3 Å². The van der Waals surface area contributed by atoms with Crippen LogP contribution in [0.4, 0.5) is 0 Å². The number of ether oxygens (including phenoxy) is 2. The highest BCUT2D eigenvalue weighted by Gasteiger charge is 2.34. The van der Waals surface area contributed by atoms with E-state index < -0.39 is 0 Å². The quantitative estimate of drug-likeness (QED) is 0.162. The third-order valence-electron chi connectivity index (χ3n) is 5.44. The lowest BCUT2D eigenvalue weighted by atomic mass is 10.1. The Kier molecular flexibility index (Phi) is 9.21. The molecule has 1 saturated heterocycles. The van der Waals surface area contributed by atoms with Crippen molar-refractivity contribution in [3.05, 3.63) is 94.3 Å². The summed E-state index contributed by atoms with van der Waals surface area (Å²) >= 11 is 1.27. The molecule has 0 radical (unpaired) electrons. The van der Waals surface area contributed by atoms with E-state index in [1.165, 1.54) is 11.8 Å². The number of allylic oxidation sites excluding steroid dienone is 1. The lowest BCUT2D eigenvalue weighted by Crippen LogP contribution is -2.28. The maximum atomic E-state index is 13.4. The Bertz CT molecular complexity index is 1360. The van der Waals surface area contributed by atoms with Gasteiger partial charge in [-0.1, -0.05) is 56.3 Å². The number of carbonyl (C=O) groups excluding carboxylic acids is 1. The monoisotopic (exact) mass is 529 g/mol. The Labute approximate surface area is 227 Å². The van der Waals surface area contributed by atoms with Crippen LogP contribution in [0.5, 0.6) is 11.5 Å². The number of hydrogen-bond acceptors (Lipinski definition) is 7. The van der Waals surface area contributed by atoms with Gasteiger partial charge in [-0.25, -0.2) is 0 Å². The predicted molar refractivity (Wildman–Crippen MR) is 154 cm³/mol. The molecule has 0 bridgehead atoms. The van der Waals surface area contributed by atoms with Crippen molar-refractivity contribution in [2.24, 2.45) is 16.1 Å². The van der Waals surface area contributed by atoms with E-state index in [2.05, 4.69) is 24.1 Å². The van der Waals surface area contributed by atoms with Gasteiger partial charge in [0.15, 0.2) is 16.7 Å². The number of nitrogens with zero attached hydrogens (tertiary/aromatic N) is 3. The van der Waals surface area contributed by atoms with Crippen LogP contribution in [0.25, 0.3) is 12.2 Å². The third kappa shape index (κ3) is 7.26. The summed E-state index contributed by atoms with van der Waals surface area (Å²) in [6, 6.07) is 19.2. The summed E-state index contributed by atoms with van der Waals surface area (Å²) in [6.45, 7) is 6.99. The number of thioether (sulfide) groups is 1. The lowest BCUT2D eigenvalue weighted by Gasteiger charge is -2.13. The first-order chi connectivity index (χ1) is 18.4. The fourth-order valence-corrected chi connectivity index (χ4v) is 4.53. The number of benzene rings is 2. The molecule has 0 saturated carbocycles. The Morgan fingerprint density at radius 2 is 1.89 bits per heavy atom. The van der Waals surface area contributed by atoms with Crippen molar-refractivity contribution in [3.63, 3.8) is 0 Å². The standard InChI is InChI=1S/C30H31N3O4S/c1-21(2)20-37-26-13-12-24(16-27(26)35-4)17-28-29(34)33(19-25-11-8-14-36-25)30(38-28)32-31-18-22(3)15-23-9-6-5-7-10-23/h5-18,21H,19-20H2,1-4H3/b22-15+,28-17-,31-18-,32-30+. The summed E-state index contributed by atoms with van der Waals surface area (Å²) in [4.78, 5) is 15.5. The van der Waals surface area contributed by atoms with Gasteiger partial charge in [0.1, 0.15) is 5.76 Å². The molecule has 0 atom stereocenters. The second kappa shape index (κ2) is 13.0. The zero-order chi connectivity index (χ0) is 26.9. The highest BCUT2D eigenvalue weighted by atomic mass is 32.2. The maximum Gasteiger partial charge on any atom is 0.267 e. The van der Waals surface area contributed by atoms with Gasteiger partial charge in [-0.05, 0) is 71.6 Å². The second-order valence-corrected chi connectivity index (χ2v) is 10.1. The van der Waals surface area contributed by atoms with E-state index in [0.29, 0.717) is 39.9 Å². The van der Waals surface area contributed by atoms with Gasteiger partial charge in [0, 0.05) is 0 Å². The molecular formula is C30H31N3O4S. The Morgan fingerprint density at radius 1 is 1.08 bits per heavy atom. The summed E-state index contributed by atoms with van der Waals surface area (Å²) in [5.41, 5.74) is 2.84. The lowest BCUT2D eigenvalue weighted by molar-refractivity contribution is -0.122. The van der Waals surface area contributed by atoms with Crippen molar-refractivity contribution in [1.29, 1.82) is 0 Å². The molecule has 1 amide bonds. The van der Waals surface area contributed by atoms with E-state index in [1.54, 1.807) is 30.6 Å². The molecule has 4 rings (SSSR count). The number of rotatable bonds is 10. The highest BCUT2D eigenvalue weighted by Crippen LogP contribution is 2.35. The van der Waals surface area contributed by atoms with Crippen LogP contribution in [0.2, 0.25) is 0 Å². The molecule has 0 N–H and O–H groups in total. The van der Waals surface area contributed by atoms with Crippen LogP contribution in [0.15, 0.2) is 92.0 Å². The number of methoxy groups -OCH3 is 1. The van der Waals surface area contributed by atoms with Gasteiger partial charge < -0.3 is 13.9 Å². The average molecular weight is 530 g/mol. The first-order valence-corrected chi connectivity index (χ1v) is 13.1. The van der Waals surface area contributed by atoms with Gasteiger partial charge >= 0.3 is 0 Å².